The predicted octanol–water partition coefficient (Wildman–Crippen LogP) is 3.58. The highest BCUT2D eigenvalue weighted by atomic mass is 79.9. The third-order valence-electron chi connectivity index (χ3n) is 1.95. The van der Waals surface area contributed by atoms with Crippen LogP contribution >= 0.6 is 15.9 Å². The number of ketones is 1. The van der Waals surface area contributed by atoms with E-state index < -0.39 is 32.6 Å². The number of nitrogens with zero attached hydrogens (tertiary/aromatic N) is 1. The zero-order chi connectivity index (χ0) is 13.4. The average molecular weight is 312 g/mol. The number of hydrogen-bond acceptors (Lipinski definition) is 3. The van der Waals surface area contributed by atoms with E-state index in [1.165, 1.54) is 0 Å². The van der Waals surface area contributed by atoms with Crippen LogP contribution < -0.4 is 0 Å². The molecule has 0 aromatic heterocycles. The van der Waals surface area contributed by atoms with E-state index >= 15 is 0 Å². The molecule has 0 radical (unpaired) electrons. The number of non-ortho nitro benzene ring substituents is 1. The Morgan fingerprint density at radius 2 is 1.94 bits per heavy atom. The normalized spacial score (nSPS) is 11.4. The number of halogens is 4. The lowest BCUT2D eigenvalue weighted by atomic mass is 10.1. The highest BCUT2D eigenvalue weighted by Gasteiger charge is 2.36. The number of Topliss-reactive ketones (excluding diaryl/α,β-unsaturated/α-hetero) is 1. The summed E-state index contributed by atoms with van der Waals surface area (Å²) in [5.74, 6) is -0.689. The van der Waals surface area contributed by atoms with Gasteiger partial charge in [0.05, 0.1) is 10.5 Å². The van der Waals surface area contributed by atoms with Crippen LogP contribution in [0.1, 0.15) is 22.8 Å². The van der Waals surface area contributed by atoms with Crippen molar-refractivity contribution in [2.24, 2.45) is 0 Å². The summed E-state index contributed by atoms with van der Waals surface area (Å²) in [5, 5.41) is 10.5. The molecule has 4 nitrogen and oxygen atoms in total. The van der Waals surface area contributed by atoms with Crippen molar-refractivity contribution in [1.82, 2.24) is 0 Å². The van der Waals surface area contributed by atoms with E-state index in [-0.39, 0.29) is 5.56 Å². The van der Waals surface area contributed by atoms with Gasteiger partial charge in [-0.05, 0) is 22.9 Å². The van der Waals surface area contributed by atoms with Gasteiger partial charge in [-0.3, -0.25) is 14.9 Å². The van der Waals surface area contributed by atoms with Crippen LogP contribution in [-0.2, 0) is 6.18 Å². The second-order valence-corrected chi connectivity index (χ2v) is 3.96. The minimum absolute atomic E-state index is 0.369. The van der Waals surface area contributed by atoms with Crippen molar-refractivity contribution in [2.45, 2.75) is 13.1 Å². The summed E-state index contributed by atoms with van der Waals surface area (Å²) in [7, 11) is 0. The van der Waals surface area contributed by atoms with Crippen molar-refractivity contribution in [2.75, 3.05) is 0 Å². The van der Waals surface area contributed by atoms with Gasteiger partial charge >= 0.3 is 6.18 Å². The molecule has 0 aliphatic heterocycles. The third-order valence-corrected chi connectivity index (χ3v) is 2.81. The number of nitro benzene ring substituents is 1. The highest BCUT2D eigenvalue weighted by Crippen LogP contribution is 2.39. The van der Waals surface area contributed by atoms with Gasteiger partial charge in [-0.15, -0.1) is 0 Å². The first-order valence-corrected chi connectivity index (χ1v) is 5.00. The van der Waals surface area contributed by atoms with Gasteiger partial charge in [0.2, 0.25) is 0 Å². The summed E-state index contributed by atoms with van der Waals surface area (Å²) >= 11 is 2.64. The number of hydrogen-bond donors (Lipinski definition) is 0. The number of benzene rings is 1. The number of rotatable bonds is 2. The van der Waals surface area contributed by atoms with Crippen molar-refractivity contribution in [3.05, 3.63) is 37.8 Å². The van der Waals surface area contributed by atoms with Gasteiger partial charge < -0.3 is 0 Å². The van der Waals surface area contributed by atoms with Crippen LogP contribution in [0, 0.1) is 10.1 Å². The van der Waals surface area contributed by atoms with Crippen LogP contribution in [0.2, 0.25) is 0 Å². The predicted molar refractivity (Wildman–Crippen MR) is 55.8 cm³/mol. The second-order valence-electron chi connectivity index (χ2n) is 3.17. The van der Waals surface area contributed by atoms with Crippen molar-refractivity contribution >= 4 is 27.4 Å². The molecule has 0 unspecified atom stereocenters. The molecule has 0 N–H and O–H groups in total. The molecule has 0 fully saturated rings. The van der Waals surface area contributed by atoms with E-state index in [1.54, 1.807) is 0 Å². The molecule has 8 heteroatoms. The lowest BCUT2D eigenvalue weighted by Gasteiger charge is -2.11. The van der Waals surface area contributed by atoms with Gasteiger partial charge in [0.15, 0.2) is 5.78 Å². The van der Waals surface area contributed by atoms with Gasteiger partial charge in [0, 0.05) is 22.2 Å². The van der Waals surface area contributed by atoms with E-state index in [4.69, 9.17) is 0 Å². The van der Waals surface area contributed by atoms with Crippen LogP contribution in [-0.4, -0.2) is 10.7 Å². The smallest absolute Gasteiger partial charge is 0.294 e. The minimum atomic E-state index is -4.77. The van der Waals surface area contributed by atoms with Crippen LogP contribution in [0.4, 0.5) is 18.9 Å². The van der Waals surface area contributed by atoms with Crippen LogP contribution in [0.3, 0.4) is 0 Å². The molecule has 17 heavy (non-hydrogen) atoms. The fourth-order valence-electron chi connectivity index (χ4n) is 1.18. The first kappa shape index (κ1) is 13.6. The second kappa shape index (κ2) is 4.44. The molecule has 0 aliphatic carbocycles. The van der Waals surface area contributed by atoms with Crippen LogP contribution in [0.25, 0.3) is 0 Å². The Labute approximate surface area is 102 Å². The quantitative estimate of drug-likeness (QED) is 0.476. The number of carbonyl (C=O) groups is 1. The molecule has 0 heterocycles. The van der Waals surface area contributed by atoms with Crippen LogP contribution in [0.5, 0.6) is 0 Å². The van der Waals surface area contributed by atoms with Crippen LogP contribution in [0.15, 0.2) is 16.6 Å². The molecule has 0 atom stereocenters. The lowest BCUT2D eigenvalue weighted by Crippen LogP contribution is -2.10. The molecule has 0 aliphatic rings. The zero-order valence-electron chi connectivity index (χ0n) is 8.34. The van der Waals surface area contributed by atoms with E-state index in [9.17, 15) is 28.1 Å². The van der Waals surface area contributed by atoms with Gasteiger partial charge in [-0.1, -0.05) is 0 Å². The Balaban J connectivity index is 3.60. The first-order chi connectivity index (χ1) is 7.64. The fraction of sp³-hybridized carbons (Fsp3) is 0.222. The average Bonchev–Trinajstić information content (AvgIpc) is 2.15. The SMILES string of the molecule is CC(=O)c1cc([N+](=O)[O-])cc(C(F)(F)F)c1Br. The van der Waals surface area contributed by atoms with E-state index in [0.29, 0.717) is 6.07 Å². The topological polar surface area (TPSA) is 60.2 Å². The molecule has 1 rings (SSSR count). The maximum atomic E-state index is 12.6. The van der Waals surface area contributed by atoms with Crippen molar-refractivity contribution in [3.8, 4) is 0 Å². The first-order valence-electron chi connectivity index (χ1n) is 4.20. The van der Waals surface area contributed by atoms with E-state index in [1.807, 2.05) is 0 Å². The Morgan fingerprint density at radius 1 is 1.41 bits per heavy atom. The molecule has 92 valence electrons. The van der Waals surface area contributed by atoms with Gasteiger partial charge in [-0.25, -0.2) is 0 Å². The van der Waals surface area contributed by atoms with Crippen molar-refractivity contribution < 1.29 is 22.9 Å². The zero-order valence-corrected chi connectivity index (χ0v) is 9.92. The van der Waals surface area contributed by atoms with E-state index in [2.05, 4.69) is 15.9 Å². The van der Waals surface area contributed by atoms with E-state index in [0.717, 1.165) is 13.0 Å². The van der Waals surface area contributed by atoms with Gasteiger partial charge in [0.1, 0.15) is 0 Å². The monoisotopic (exact) mass is 311 g/mol. The molecular formula is C9H5BrF3NO3. The summed E-state index contributed by atoms with van der Waals surface area (Å²) in [5.41, 5.74) is -2.38. The van der Waals surface area contributed by atoms with Crippen molar-refractivity contribution in [1.29, 1.82) is 0 Å². The standard InChI is InChI=1S/C9H5BrF3NO3/c1-4(15)6-2-5(14(16)17)3-7(8(6)10)9(11,12)13/h2-3H,1H3. The maximum Gasteiger partial charge on any atom is 0.417 e. The highest BCUT2D eigenvalue weighted by molar-refractivity contribution is 9.10. The minimum Gasteiger partial charge on any atom is -0.294 e. The fourth-order valence-corrected chi connectivity index (χ4v) is 1.91. The molecule has 0 bridgehead atoms. The maximum absolute atomic E-state index is 12.6. The summed E-state index contributed by atoms with van der Waals surface area (Å²) in [4.78, 5) is 20.6. The largest absolute Gasteiger partial charge is 0.417 e. The molecule has 1 aromatic carbocycles. The van der Waals surface area contributed by atoms with Crippen molar-refractivity contribution in [3.63, 3.8) is 0 Å². The number of nitro groups is 1. The Bertz CT molecular complexity index is 499. The summed E-state index contributed by atoms with van der Waals surface area (Å²) in [6.07, 6.45) is -4.77. The molecule has 0 saturated carbocycles. The molecule has 0 saturated heterocycles. The molecule has 0 amide bonds. The van der Waals surface area contributed by atoms with Gasteiger partial charge in [-0.2, -0.15) is 13.2 Å². The lowest BCUT2D eigenvalue weighted by molar-refractivity contribution is -0.385. The summed E-state index contributed by atoms with van der Waals surface area (Å²) < 4.78 is 37.2. The summed E-state index contributed by atoms with van der Waals surface area (Å²) in [6.45, 7) is 1.03. The Kier molecular flexibility index (Phi) is 3.56. The Hall–Kier alpha value is -1.44. The third kappa shape index (κ3) is 2.82. The Morgan fingerprint density at radius 3 is 2.29 bits per heavy atom. The number of alkyl halides is 3. The van der Waals surface area contributed by atoms with Gasteiger partial charge in [0.25, 0.3) is 5.69 Å². The molecule has 0 spiro atoms. The number of carbonyl (C=O) groups excluding carboxylic acids is 1. The molecule has 1 aromatic rings. The summed E-state index contributed by atoms with van der Waals surface area (Å²) in [6, 6.07) is 1.19. The molecular weight excluding hydrogens is 307 g/mol.